The third kappa shape index (κ3) is 3.42. The van der Waals surface area contributed by atoms with Crippen LogP contribution < -0.4 is 14.8 Å². The van der Waals surface area contributed by atoms with Crippen molar-refractivity contribution < 1.29 is 17.9 Å². The number of carbonyl (C=O) groups is 1. The van der Waals surface area contributed by atoms with Gasteiger partial charge in [0.25, 0.3) is 0 Å². The predicted octanol–water partition coefficient (Wildman–Crippen LogP) is 2.59. The maximum absolute atomic E-state index is 12.2. The molecule has 2 rings (SSSR count). The van der Waals surface area contributed by atoms with E-state index >= 15 is 0 Å². The Labute approximate surface area is 139 Å². The first-order chi connectivity index (χ1) is 9.98. The summed E-state index contributed by atoms with van der Waals surface area (Å²) >= 11 is 11.9. The summed E-state index contributed by atoms with van der Waals surface area (Å²) in [5.74, 6) is 0.0121. The maximum Gasteiger partial charge on any atom is 0.233 e. The third-order valence-corrected chi connectivity index (χ3v) is 5.20. The number of benzene rings is 1. The van der Waals surface area contributed by atoms with E-state index < -0.39 is 19.8 Å². The molecule has 1 aliphatic carbocycles. The molecular formula is C13H16Cl2N2O4S. The average molecular weight is 367 g/mol. The van der Waals surface area contributed by atoms with Crippen molar-refractivity contribution in [2.45, 2.75) is 17.7 Å². The molecule has 1 saturated carbocycles. The van der Waals surface area contributed by atoms with Crippen molar-refractivity contribution >= 4 is 50.5 Å². The smallest absolute Gasteiger partial charge is 0.233 e. The molecule has 0 spiro atoms. The second-order valence-corrected chi connectivity index (χ2v) is 8.69. The Morgan fingerprint density at radius 3 is 2.41 bits per heavy atom. The molecule has 0 bridgehead atoms. The van der Waals surface area contributed by atoms with E-state index in [1.807, 2.05) is 0 Å². The van der Waals surface area contributed by atoms with Crippen molar-refractivity contribution in [3.05, 3.63) is 18.2 Å². The molecule has 0 aliphatic heterocycles. The highest BCUT2D eigenvalue weighted by Gasteiger charge is 2.67. The Hall–Kier alpha value is -1.18. The topological polar surface area (TPSA) is 84.5 Å². The Morgan fingerprint density at radius 1 is 1.36 bits per heavy atom. The molecule has 1 aliphatic rings. The van der Waals surface area contributed by atoms with Crippen LogP contribution in [0.2, 0.25) is 0 Å². The SMILES string of the molecule is COc1ccc(NC(=O)C2(C)CC2(Cl)Cl)cc1NS(C)(=O)=O. The zero-order valence-electron chi connectivity index (χ0n) is 12.2. The van der Waals surface area contributed by atoms with Crippen LogP contribution in [0.15, 0.2) is 18.2 Å². The number of alkyl halides is 2. The Kier molecular flexibility index (Phi) is 4.27. The molecular weight excluding hydrogens is 351 g/mol. The number of nitrogens with one attached hydrogen (secondary N) is 2. The van der Waals surface area contributed by atoms with Crippen molar-refractivity contribution in [3.63, 3.8) is 0 Å². The number of ether oxygens (including phenoxy) is 1. The number of sulfonamides is 1. The number of hydrogen-bond donors (Lipinski definition) is 2. The fourth-order valence-corrected chi connectivity index (χ4v) is 3.25. The van der Waals surface area contributed by atoms with Crippen molar-refractivity contribution in [1.29, 1.82) is 0 Å². The number of rotatable bonds is 5. The van der Waals surface area contributed by atoms with Gasteiger partial charge in [-0.1, -0.05) is 0 Å². The molecule has 0 heterocycles. The minimum absolute atomic E-state index is 0.228. The first-order valence-corrected chi connectivity index (χ1v) is 8.98. The predicted molar refractivity (Wildman–Crippen MR) is 87.3 cm³/mol. The fourth-order valence-electron chi connectivity index (χ4n) is 1.98. The van der Waals surface area contributed by atoms with Gasteiger partial charge in [-0.3, -0.25) is 9.52 Å². The summed E-state index contributed by atoms with van der Waals surface area (Å²) in [5, 5.41) is 2.68. The zero-order valence-corrected chi connectivity index (χ0v) is 14.6. The molecule has 1 fully saturated rings. The van der Waals surface area contributed by atoms with Crippen LogP contribution in [0.4, 0.5) is 11.4 Å². The van der Waals surface area contributed by atoms with E-state index in [1.54, 1.807) is 19.1 Å². The van der Waals surface area contributed by atoms with Gasteiger partial charge >= 0.3 is 0 Å². The van der Waals surface area contributed by atoms with Gasteiger partial charge in [0.2, 0.25) is 15.9 Å². The summed E-state index contributed by atoms with van der Waals surface area (Å²) in [6.07, 6.45) is 1.39. The summed E-state index contributed by atoms with van der Waals surface area (Å²) < 4.78 is 29.1. The summed E-state index contributed by atoms with van der Waals surface area (Å²) in [5.41, 5.74) is -0.221. The molecule has 0 aromatic heterocycles. The molecule has 0 saturated heterocycles. The van der Waals surface area contributed by atoms with Crippen LogP contribution in [-0.2, 0) is 14.8 Å². The molecule has 0 radical (unpaired) electrons. The fraction of sp³-hybridized carbons (Fsp3) is 0.462. The van der Waals surface area contributed by atoms with E-state index in [4.69, 9.17) is 27.9 Å². The minimum atomic E-state index is -3.47. The highest BCUT2D eigenvalue weighted by atomic mass is 35.5. The van der Waals surface area contributed by atoms with Crippen LogP contribution in [0.5, 0.6) is 5.75 Å². The number of anilines is 2. The molecule has 6 nitrogen and oxygen atoms in total. The van der Waals surface area contributed by atoms with Gasteiger partial charge in [0, 0.05) is 5.69 Å². The first kappa shape index (κ1) is 17.2. The van der Waals surface area contributed by atoms with Crippen LogP contribution in [0.25, 0.3) is 0 Å². The Bertz CT molecular complexity index is 721. The van der Waals surface area contributed by atoms with Gasteiger partial charge in [-0.2, -0.15) is 0 Å². The van der Waals surface area contributed by atoms with Gasteiger partial charge in [0.1, 0.15) is 10.1 Å². The van der Waals surface area contributed by atoms with Gasteiger partial charge < -0.3 is 10.1 Å². The molecule has 1 unspecified atom stereocenters. The van der Waals surface area contributed by atoms with Gasteiger partial charge in [0.15, 0.2) is 0 Å². The van der Waals surface area contributed by atoms with E-state index in [1.165, 1.54) is 13.2 Å². The second-order valence-electron chi connectivity index (χ2n) is 5.46. The number of hydrogen-bond acceptors (Lipinski definition) is 4. The summed E-state index contributed by atoms with van der Waals surface area (Å²) in [4.78, 5) is 12.2. The molecule has 2 N–H and O–H groups in total. The lowest BCUT2D eigenvalue weighted by Gasteiger charge is -2.15. The number of methoxy groups -OCH3 is 1. The summed E-state index contributed by atoms with van der Waals surface area (Å²) in [6, 6.07) is 4.61. The lowest BCUT2D eigenvalue weighted by molar-refractivity contribution is -0.120. The van der Waals surface area contributed by atoms with Crippen molar-refractivity contribution in [3.8, 4) is 5.75 Å². The molecule has 1 aromatic carbocycles. The summed E-state index contributed by atoms with van der Waals surface area (Å²) in [7, 11) is -2.06. The van der Waals surface area contributed by atoms with E-state index in [0.717, 1.165) is 6.26 Å². The van der Waals surface area contributed by atoms with E-state index in [9.17, 15) is 13.2 Å². The van der Waals surface area contributed by atoms with Crippen molar-refractivity contribution in [2.24, 2.45) is 5.41 Å². The number of amides is 1. The second kappa shape index (κ2) is 5.47. The van der Waals surface area contributed by atoms with Crippen LogP contribution in [0.3, 0.4) is 0 Å². The zero-order chi connectivity index (χ0) is 16.8. The van der Waals surface area contributed by atoms with Crippen LogP contribution >= 0.6 is 23.2 Å². The lowest BCUT2D eigenvalue weighted by Crippen LogP contribution is -2.26. The van der Waals surface area contributed by atoms with Crippen LogP contribution in [0, 0.1) is 5.41 Å². The number of halogens is 2. The largest absolute Gasteiger partial charge is 0.495 e. The van der Waals surface area contributed by atoms with Crippen LogP contribution in [0.1, 0.15) is 13.3 Å². The average Bonchev–Trinajstić information content (AvgIpc) is 2.88. The standard InChI is InChI=1S/C13H16Cl2N2O4S/c1-12(7-13(12,14)15)11(18)16-8-4-5-10(21-2)9(6-8)17-22(3,19)20/h4-6,17H,7H2,1-3H3,(H,16,18). The van der Waals surface area contributed by atoms with Crippen molar-refractivity contribution in [2.75, 3.05) is 23.4 Å². The summed E-state index contributed by atoms with van der Waals surface area (Å²) in [6.45, 7) is 1.67. The van der Waals surface area contributed by atoms with Gasteiger partial charge in [0.05, 0.1) is 24.5 Å². The molecule has 22 heavy (non-hydrogen) atoms. The van der Waals surface area contributed by atoms with Crippen molar-refractivity contribution in [1.82, 2.24) is 0 Å². The Balaban J connectivity index is 2.23. The monoisotopic (exact) mass is 366 g/mol. The normalized spacial score (nSPS) is 22.8. The van der Waals surface area contributed by atoms with Gasteiger partial charge in [-0.15, -0.1) is 23.2 Å². The number of carbonyl (C=O) groups excluding carboxylic acids is 1. The van der Waals surface area contributed by atoms with Gasteiger partial charge in [-0.25, -0.2) is 8.42 Å². The Morgan fingerprint density at radius 2 is 1.95 bits per heavy atom. The molecule has 1 aromatic rings. The van der Waals surface area contributed by atoms with E-state index in [0.29, 0.717) is 17.9 Å². The first-order valence-electron chi connectivity index (χ1n) is 6.34. The molecule has 9 heteroatoms. The van der Waals surface area contributed by atoms with Gasteiger partial charge in [-0.05, 0) is 31.5 Å². The highest BCUT2D eigenvalue weighted by molar-refractivity contribution is 7.92. The third-order valence-electron chi connectivity index (χ3n) is 3.51. The lowest BCUT2D eigenvalue weighted by atomic mass is 10.1. The maximum atomic E-state index is 12.2. The van der Waals surface area contributed by atoms with E-state index in [-0.39, 0.29) is 11.6 Å². The molecule has 1 amide bonds. The minimum Gasteiger partial charge on any atom is -0.495 e. The quantitative estimate of drug-likeness (QED) is 0.784. The van der Waals surface area contributed by atoms with E-state index in [2.05, 4.69) is 10.0 Å². The molecule has 1 atom stereocenters. The highest BCUT2D eigenvalue weighted by Crippen LogP contribution is 2.64. The molecule has 122 valence electrons. The van der Waals surface area contributed by atoms with Crippen LogP contribution in [-0.4, -0.2) is 32.0 Å².